The molecule has 1 fully saturated rings. The second-order valence-corrected chi connectivity index (χ2v) is 7.47. The van der Waals surface area contributed by atoms with Crippen molar-refractivity contribution in [3.63, 3.8) is 0 Å². The summed E-state index contributed by atoms with van der Waals surface area (Å²) in [6.07, 6.45) is 0. The Morgan fingerprint density at radius 1 is 1.23 bits per heavy atom. The second-order valence-electron chi connectivity index (χ2n) is 6.05. The maximum absolute atomic E-state index is 12.5. The number of ether oxygens (including phenoxy) is 1. The number of aromatic nitrogens is 1. The largest absolute Gasteiger partial charge is 0.378 e. The van der Waals surface area contributed by atoms with Gasteiger partial charge in [-0.2, -0.15) is 0 Å². The van der Waals surface area contributed by atoms with Crippen molar-refractivity contribution >= 4 is 44.2 Å². The smallest absolute Gasteiger partial charge is 0.251 e. The lowest BCUT2D eigenvalue weighted by Gasteiger charge is -2.25. The number of morpholine rings is 1. The molecule has 0 radical (unpaired) electrons. The van der Waals surface area contributed by atoms with E-state index in [-0.39, 0.29) is 5.91 Å². The number of anilines is 1. The minimum Gasteiger partial charge on any atom is -0.378 e. The first kappa shape index (κ1) is 17.3. The second kappa shape index (κ2) is 7.61. The molecule has 1 aliphatic rings. The average Bonchev–Trinajstić information content (AvgIpc) is 3.11. The molecular formula is C19H18ClN3O2S. The lowest BCUT2D eigenvalue weighted by Crippen LogP contribution is -2.36. The van der Waals surface area contributed by atoms with E-state index in [2.05, 4.69) is 15.2 Å². The van der Waals surface area contributed by atoms with Gasteiger partial charge in [0.25, 0.3) is 5.91 Å². The number of hydrogen-bond acceptors (Lipinski definition) is 5. The van der Waals surface area contributed by atoms with Crippen molar-refractivity contribution in [3.8, 4) is 0 Å². The van der Waals surface area contributed by atoms with Crippen LogP contribution >= 0.6 is 22.9 Å². The van der Waals surface area contributed by atoms with Crippen LogP contribution in [0.3, 0.4) is 0 Å². The molecule has 0 bridgehead atoms. The predicted octanol–water partition coefficient (Wildman–Crippen LogP) is 3.72. The van der Waals surface area contributed by atoms with Crippen LogP contribution in [0.1, 0.15) is 15.9 Å². The summed E-state index contributed by atoms with van der Waals surface area (Å²) in [4.78, 5) is 19.4. The van der Waals surface area contributed by atoms with E-state index in [0.717, 1.165) is 47.2 Å². The number of nitrogens with one attached hydrogen (secondary N) is 1. The molecule has 0 saturated carbocycles. The van der Waals surface area contributed by atoms with Gasteiger partial charge in [-0.15, -0.1) is 0 Å². The molecule has 1 amide bonds. The van der Waals surface area contributed by atoms with Gasteiger partial charge in [0.2, 0.25) is 0 Å². The SMILES string of the molecule is O=C(NCc1ccccc1Cl)c1ccc2nc(N3CCOCC3)sc2c1. The molecule has 0 spiro atoms. The summed E-state index contributed by atoms with van der Waals surface area (Å²) in [5.74, 6) is -0.117. The predicted molar refractivity (Wildman–Crippen MR) is 105 cm³/mol. The number of thiazole rings is 1. The van der Waals surface area contributed by atoms with E-state index in [1.807, 2.05) is 42.5 Å². The average molecular weight is 388 g/mol. The Balaban J connectivity index is 1.49. The highest BCUT2D eigenvalue weighted by Crippen LogP contribution is 2.30. The van der Waals surface area contributed by atoms with Gasteiger partial charge in [-0.25, -0.2) is 4.98 Å². The van der Waals surface area contributed by atoms with Gasteiger partial charge in [0, 0.05) is 30.2 Å². The number of amides is 1. The summed E-state index contributed by atoms with van der Waals surface area (Å²) in [6, 6.07) is 13.1. The van der Waals surface area contributed by atoms with Crippen LogP contribution in [0.2, 0.25) is 5.02 Å². The number of rotatable bonds is 4. The summed E-state index contributed by atoms with van der Waals surface area (Å²) in [5, 5.41) is 4.56. The van der Waals surface area contributed by atoms with Gasteiger partial charge < -0.3 is 15.0 Å². The van der Waals surface area contributed by atoms with E-state index in [4.69, 9.17) is 16.3 Å². The molecule has 0 atom stereocenters. The summed E-state index contributed by atoms with van der Waals surface area (Å²) >= 11 is 7.75. The zero-order chi connectivity index (χ0) is 17.9. The number of nitrogens with zero attached hydrogens (tertiary/aromatic N) is 2. The van der Waals surface area contributed by atoms with E-state index >= 15 is 0 Å². The molecule has 4 rings (SSSR count). The van der Waals surface area contributed by atoms with E-state index < -0.39 is 0 Å². The third-order valence-corrected chi connectivity index (χ3v) is 5.77. The van der Waals surface area contributed by atoms with Crippen LogP contribution in [0.5, 0.6) is 0 Å². The van der Waals surface area contributed by atoms with Crippen LogP contribution in [0.4, 0.5) is 5.13 Å². The van der Waals surface area contributed by atoms with E-state index in [1.54, 1.807) is 11.3 Å². The molecule has 3 aromatic rings. The number of carbonyl (C=O) groups excluding carboxylic acids is 1. The van der Waals surface area contributed by atoms with Gasteiger partial charge in [-0.1, -0.05) is 41.1 Å². The number of fused-ring (bicyclic) bond motifs is 1. The van der Waals surface area contributed by atoms with Crippen molar-refractivity contribution in [1.29, 1.82) is 0 Å². The summed E-state index contributed by atoms with van der Waals surface area (Å²) in [7, 11) is 0. The number of benzene rings is 2. The third kappa shape index (κ3) is 3.67. The van der Waals surface area contributed by atoms with E-state index in [0.29, 0.717) is 17.1 Å². The van der Waals surface area contributed by atoms with Crippen LogP contribution < -0.4 is 10.2 Å². The normalized spacial score (nSPS) is 14.6. The molecule has 0 aliphatic carbocycles. The van der Waals surface area contributed by atoms with E-state index in [9.17, 15) is 4.79 Å². The summed E-state index contributed by atoms with van der Waals surface area (Å²) in [5.41, 5.74) is 2.44. The van der Waals surface area contributed by atoms with E-state index in [1.165, 1.54) is 0 Å². The molecule has 26 heavy (non-hydrogen) atoms. The first-order chi connectivity index (χ1) is 12.7. The lowest BCUT2D eigenvalue weighted by molar-refractivity contribution is 0.0951. The fourth-order valence-corrected chi connectivity index (χ4v) is 4.12. The number of hydrogen-bond donors (Lipinski definition) is 1. The molecule has 1 N–H and O–H groups in total. The van der Waals surface area contributed by atoms with Gasteiger partial charge in [0.1, 0.15) is 0 Å². The molecule has 7 heteroatoms. The van der Waals surface area contributed by atoms with Crippen LogP contribution in [-0.2, 0) is 11.3 Å². The molecule has 1 aliphatic heterocycles. The third-order valence-electron chi connectivity index (χ3n) is 4.32. The van der Waals surface area contributed by atoms with Crippen LogP contribution in [0.25, 0.3) is 10.2 Å². The Bertz CT molecular complexity index is 937. The monoisotopic (exact) mass is 387 g/mol. The van der Waals surface area contributed by atoms with Gasteiger partial charge in [-0.05, 0) is 29.8 Å². The van der Waals surface area contributed by atoms with Crippen molar-refractivity contribution in [1.82, 2.24) is 10.3 Å². The Morgan fingerprint density at radius 2 is 2.04 bits per heavy atom. The Labute approximate surface area is 160 Å². The zero-order valence-corrected chi connectivity index (χ0v) is 15.6. The quantitative estimate of drug-likeness (QED) is 0.741. The minimum atomic E-state index is -0.117. The molecule has 2 aromatic carbocycles. The standard InChI is InChI=1S/C19H18ClN3O2S/c20-15-4-2-1-3-14(15)12-21-18(24)13-5-6-16-17(11-13)26-19(22-16)23-7-9-25-10-8-23/h1-6,11H,7-10,12H2,(H,21,24). The van der Waals surface area contributed by atoms with Crippen molar-refractivity contribution < 1.29 is 9.53 Å². The van der Waals surface area contributed by atoms with Gasteiger partial charge in [0.15, 0.2) is 5.13 Å². The summed E-state index contributed by atoms with van der Waals surface area (Å²) < 4.78 is 6.40. The highest BCUT2D eigenvalue weighted by atomic mass is 35.5. The Morgan fingerprint density at radius 3 is 2.85 bits per heavy atom. The maximum Gasteiger partial charge on any atom is 0.251 e. The van der Waals surface area contributed by atoms with Crippen molar-refractivity contribution in [2.75, 3.05) is 31.2 Å². The first-order valence-electron chi connectivity index (χ1n) is 8.45. The Hall–Kier alpha value is -2.15. The number of halogens is 1. The molecule has 2 heterocycles. The number of carbonyl (C=O) groups is 1. The topological polar surface area (TPSA) is 54.5 Å². The van der Waals surface area contributed by atoms with Crippen LogP contribution in [-0.4, -0.2) is 37.2 Å². The van der Waals surface area contributed by atoms with Gasteiger partial charge in [-0.3, -0.25) is 4.79 Å². The fraction of sp³-hybridized carbons (Fsp3) is 0.263. The van der Waals surface area contributed by atoms with Crippen molar-refractivity contribution in [2.24, 2.45) is 0 Å². The highest BCUT2D eigenvalue weighted by Gasteiger charge is 2.16. The van der Waals surface area contributed by atoms with Crippen molar-refractivity contribution in [2.45, 2.75) is 6.54 Å². The molecule has 0 unspecified atom stereocenters. The molecule has 1 aromatic heterocycles. The molecular weight excluding hydrogens is 370 g/mol. The highest BCUT2D eigenvalue weighted by molar-refractivity contribution is 7.22. The zero-order valence-electron chi connectivity index (χ0n) is 14.1. The van der Waals surface area contributed by atoms with Crippen molar-refractivity contribution in [3.05, 3.63) is 58.6 Å². The fourth-order valence-electron chi connectivity index (χ4n) is 2.86. The molecule has 1 saturated heterocycles. The first-order valence-corrected chi connectivity index (χ1v) is 9.65. The molecule has 134 valence electrons. The Kier molecular flexibility index (Phi) is 5.06. The summed E-state index contributed by atoms with van der Waals surface area (Å²) in [6.45, 7) is 3.56. The van der Waals surface area contributed by atoms with Crippen LogP contribution in [0.15, 0.2) is 42.5 Å². The minimum absolute atomic E-state index is 0.117. The van der Waals surface area contributed by atoms with Gasteiger partial charge in [0.05, 0.1) is 23.4 Å². The van der Waals surface area contributed by atoms with Crippen LogP contribution in [0, 0.1) is 0 Å². The maximum atomic E-state index is 12.5. The molecule has 5 nitrogen and oxygen atoms in total. The lowest BCUT2D eigenvalue weighted by atomic mass is 10.2. The van der Waals surface area contributed by atoms with Gasteiger partial charge >= 0.3 is 0 Å².